The highest BCUT2D eigenvalue weighted by molar-refractivity contribution is 5.75. The number of nitrogens with one attached hydrogen (secondary N) is 1. The molecular formula is C18H25F3N2O3. The molecular weight excluding hydrogens is 349 g/mol. The molecule has 5 nitrogen and oxygen atoms in total. The van der Waals surface area contributed by atoms with Gasteiger partial charge in [-0.2, -0.15) is 13.2 Å². The molecule has 2 unspecified atom stereocenters. The van der Waals surface area contributed by atoms with E-state index in [1.807, 2.05) is 0 Å². The number of hydrogen-bond acceptors (Lipinski definition) is 4. The van der Waals surface area contributed by atoms with E-state index in [1.54, 1.807) is 7.05 Å². The fraction of sp³-hybridized carbons (Fsp3) is 0.611. The third-order valence-electron chi connectivity index (χ3n) is 4.46. The molecule has 1 aliphatic rings. The maximum absolute atomic E-state index is 12.5. The van der Waals surface area contributed by atoms with Gasteiger partial charge in [0, 0.05) is 20.0 Å². The first-order valence-corrected chi connectivity index (χ1v) is 8.68. The summed E-state index contributed by atoms with van der Waals surface area (Å²) in [5.74, 6) is 0.727. The van der Waals surface area contributed by atoms with Gasteiger partial charge in [-0.3, -0.25) is 4.79 Å². The maximum atomic E-state index is 12.5. The highest BCUT2D eigenvalue weighted by Gasteiger charge is 2.30. The number of benzene rings is 1. The van der Waals surface area contributed by atoms with E-state index in [1.165, 1.54) is 17.0 Å². The van der Waals surface area contributed by atoms with Crippen LogP contribution in [-0.4, -0.2) is 55.3 Å². The summed E-state index contributed by atoms with van der Waals surface area (Å²) < 4.78 is 42.8. The second kappa shape index (κ2) is 9.23. The van der Waals surface area contributed by atoms with Gasteiger partial charge in [-0.15, -0.1) is 0 Å². The van der Waals surface area contributed by atoms with Crippen molar-refractivity contribution < 1.29 is 27.8 Å². The lowest BCUT2D eigenvalue weighted by Gasteiger charge is -2.22. The molecule has 1 aliphatic heterocycles. The van der Waals surface area contributed by atoms with Crippen molar-refractivity contribution in [3.63, 3.8) is 0 Å². The van der Waals surface area contributed by atoms with Crippen LogP contribution in [0.25, 0.3) is 0 Å². The summed E-state index contributed by atoms with van der Waals surface area (Å²) in [6.07, 6.45) is -2.96. The number of hydrogen-bond donors (Lipinski definition) is 2. The van der Waals surface area contributed by atoms with Gasteiger partial charge < -0.3 is 20.1 Å². The van der Waals surface area contributed by atoms with Gasteiger partial charge in [0.05, 0.1) is 5.56 Å². The minimum absolute atomic E-state index is 0.0366. The lowest BCUT2D eigenvalue weighted by molar-refractivity contribution is -0.137. The van der Waals surface area contributed by atoms with E-state index >= 15 is 0 Å². The van der Waals surface area contributed by atoms with Crippen molar-refractivity contribution in [3.8, 4) is 5.75 Å². The number of halogens is 3. The van der Waals surface area contributed by atoms with Gasteiger partial charge in [0.15, 0.2) is 0 Å². The Morgan fingerprint density at radius 1 is 1.38 bits per heavy atom. The molecule has 8 heteroatoms. The predicted molar refractivity (Wildman–Crippen MR) is 90.8 cm³/mol. The molecule has 2 atom stereocenters. The molecule has 0 bridgehead atoms. The number of alkyl halides is 3. The van der Waals surface area contributed by atoms with Gasteiger partial charge >= 0.3 is 6.18 Å². The zero-order valence-electron chi connectivity index (χ0n) is 14.8. The van der Waals surface area contributed by atoms with E-state index in [-0.39, 0.29) is 24.8 Å². The van der Waals surface area contributed by atoms with Gasteiger partial charge in [-0.25, -0.2) is 0 Å². The van der Waals surface area contributed by atoms with Gasteiger partial charge in [0.2, 0.25) is 5.91 Å². The average Bonchev–Trinajstić information content (AvgIpc) is 3.11. The molecule has 1 fully saturated rings. The van der Waals surface area contributed by atoms with Gasteiger partial charge in [-0.1, -0.05) is 0 Å². The van der Waals surface area contributed by atoms with E-state index in [2.05, 4.69) is 5.32 Å². The average molecular weight is 374 g/mol. The van der Waals surface area contributed by atoms with E-state index in [0.717, 1.165) is 38.1 Å². The molecule has 1 aromatic rings. The molecule has 1 aromatic carbocycles. The zero-order chi connectivity index (χ0) is 19.2. The molecule has 0 saturated carbocycles. The van der Waals surface area contributed by atoms with Crippen molar-refractivity contribution in [1.82, 2.24) is 10.2 Å². The molecule has 1 amide bonds. The molecule has 26 heavy (non-hydrogen) atoms. The number of likely N-dealkylation sites (N-methyl/N-ethyl adjacent to an activating group) is 1. The number of amides is 1. The first kappa shape index (κ1) is 20.5. The van der Waals surface area contributed by atoms with Crippen molar-refractivity contribution in [1.29, 1.82) is 0 Å². The highest BCUT2D eigenvalue weighted by atomic mass is 19.4. The second-order valence-corrected chi connectivity index (χ2v) is 6.66. The largest absolute Gasteiger partial charge is 0.491 e. The number of ether oxygens (including phenoxy) is 1. The van der Waals surface area contributed by atoms with Crippen LogP contribution < -0.4 is 10.1 Å². The van der Waals surface area contributed by atoms with Gasteiger partial charge in [-0.05, 0) is 56.1 Å². The van der Waals surface area contributed by atoms with E-state index in [4.69, 9.17) is 4.74 Å². The number of carbonyl (C=O) groups excluding carboxylic acids is 1. The van der Waals surface area contributed by atoms with Crippen LogP contribution in [0.4, 0.5) is 13.2 Å². The van der Waals surface area contributed by atoms with Crippen molar-refractivity contribution >= 4 is 5.91 Å². The molecule has 0 aliphatic carbocycles. The fourth-order valence-corrected chi connectivity index (χ4v) is 2.88. The quantitative estimate of drug-likeness (QED) is 0.733. The van der Waals surface area contributed by atoms with E-state index in [9.17, 15) is 23.1 Å². The molecule has 0 spiro atoms. The minimum Gasteiger partial charge on any atom is -0.491 e. The summed E-state index contributed by atoms with van der Waals surface area (Å²) in [6.45, 7) is 1.95. The maximum Gasteiger partial charge on any atom is 0.416 e. The van der Waals surface area contributed by atoms with Crippen LogP contribution in [0.1, 0.15) is 24.8 Å². The number of aliphatic hydroxyl groups excluding tert-OH is 1. The van der Waals surface area contributed by atoms with Crippen LogP contribution in [0.15, 0.2) is 24.3 Å². The van der Waals surface area contributed by atoms with Crippen LogP contribution in [-0.2, 0) is 11.0 Å². The Morgan fingerprint density at radius 3 is 2.65 bits per heavy atom. The Kier molecular flexibility index (Phi) is 7.28. The predicted octanol–water partition coefficient (Wildman–Crippen LogP) is 2.29. The number of aliphatic hydroxyl groups is 1. The SMILES string of the molecule is CN(CC(O)COc1ccc(C(F)(F)F)cc1)C(=O)CCC1CCNC1. The zero-order valence-corrected chi connectivity index (χ0v) is 14.8. The Labute approximate surface area is 151 Å². The highest BCUT2D eigenvalue weighted by Crippen LogP contribution is 2.30. The summed E-state index contributed by atoms with van der Waals surface area (Å²) in [4.78, 5) is 13.5. The lowest BCUT2D eigenvalue weighted by atomic mass is 10.0. The Balaban J connectivity index is 1.70. The number of rotatable bonds is 8. The number of carbonyl (C=O) groups is 1. The van der Waals surface area contributed by atoms with Crippen molar-refractivity contribution in [2.45, 2.75) is 31.5 Å². The van der Waals surface area contributed by atoms with Gasteiger partial charge in [0.25, 0.3) is 0 Å². The third kappa shape index (κ3) is 6.49. The monoisotopic (exact) mass is 374 g/mol. The normalized spacial score (nSPS) is 18.6. The smallest absolute Gasteiger partial charge is 0.416 e. The van der Waals surface area contributed by atoms with Crippen molar-refractivity contribution in [3.05, 3.63) is 29.8 Å². The van der Waals surface area contributed by atoms with Crippen LogP contribution >= 0.6 is 0 Å². The number of nitrogens with zero attached hydrogens (tertiary/aromatic N) is 1. The Hall–Kier alpha value is -1.80. The van der Waals surface area contributed by atoms with E-state index < -0.39 is 17.8 Å². The molecule has 2 rings (SSSR count). The topological polar surface area (TPSA) is 61.8 Å². The van der Waals surface area contributed by atoms with Crippen molar-refractivity contribution in [2.24, 2.45) is 5.92 Å². The van der Waals surface area contributed by atoms with Gasteiger partial charge in [0.1, 0.15) is 18.5 Å². The summed E-state index contributed by atoms with van der Waals surface area (Å²) in [5.41, 5.74) is -0.756. The van der Waals surface area contributed by atoms with Crippen LogP contribution in [0, 0.1) is 5.92 Å². The summed E-state index contributed by atoms with van der Waals surface area (Å²) in [6, 6.07) is 4.27. The van der Waals surface area contributed by atoms with Crippen LogP contribution in [0.2, 0.25) is 0 Å². The van der Waals surface area contributed by atoms with Crippen LogP contribution in [0.3, 0.4) is 0 Å². The Bertz CT molecular complexity index is 572. The summed E-state index contributed by atoms with van der Waals surface area (Å²) in [5, 5.41) is 13.2. The van der Waals surface area contributed by atoms with E-state index in [0.29, 0.717) is 12.3 Å². The molecule has 146 valence electrons. The lowest BCUT2D eigenvalue weighted by Crippen LogP contribution is -2.37. The summed E-state index contributed by atoms with van der Waals surface area (Å²) >= 11 is 0. The molecule has 1 heterocycles. The minimum atomic E-state index is -4.39. The first-order valence-electron chi connectivity index (χ1n) is 8.68. The molecule has 0 aromatic heterocycles. The standard InChI is InChI=1S/C18H25F3N2O3/c1-23(17(25)7-2-13-8-9-22-10-13)11-15(24)12-26-16-5-3-14(4-6-16)18(19,20)21/h3-6,13,15,22,24H,2,7-12H2,1H3. The fourth-order valence-electron chi connectivity index (χ4n) is 2.88. The third-order valence-corrected chi connectivity index (χ3v) is 4.46. The van der Waals surface area contributed by atoms with Crippen molar-refractivity contribution in [2.75, 3.05) is 33.3 Å². The van der Waals surface area contributed by atoms with Crippen LogP contribution in [0.5, 0.6) is 5.75 Å². The molecule has 2 N–H and O–H groups in total. The first-order chi connectivity index (χ1) is 12.3. The molecule has 0 radical (unpaired) electrons. The summed E-state index contributed by atoms with van der Waals surface area (Å²) in [7, 11) is 1.62. The Morgan fingerprint density at radius 2 is 2.08 bits per heavy atom. The molecule has 1 saturated heterocycles. The second-order valence-electron chi connectivity index (χ2n) is 6.66.